The van der Waals surface area contributed by atoms with Crippen LogP contribution in [0.5, 0.6) is 0 Å². The number of hydrogen-bond acceptors (Lipinski definition) is 9. The number of phosphoric ester groups is 1. The van der Waals surface area contributed by atoms with Crippen LogP contribution in [0.3, 0.4) is 0 Å². The standard InChI is InChI=1S/C49H95O10P/c1-3-5-7-9-11-13-15-17-19-20-21-22-23-24-25-27-29-31-33-35-37-39-41-49(53)59-47(43-51)45-57-60(54,55)56-44-46(42-50)58-48(52)40-38-36-34-32-30-28-26-18-16-14-12-10-8-6-4-2/h18,26,46-47,50-51H,3-17,19-25,27-45H2,1-2H3,(H,54,55)/b26-18-. The van der Waals surface area contributed by atoms with Crippen LogP contribution in [-0.2, 0) is 32.7 Å². The van der Waals surface area contributed by atoms with E-state index in [1.54, 1.807) is 0 Å². The number of phosphoric acid groups is 1. The molecule has 10 nitrogen and oxygen atoms in total. The molecular formula is C49H95O10P. The first-order chi connectivity index (χ1) is 29.3. The molecule has 0 aliphatic heterocycles. The summed E-state index contributed by atoms with van der Waals surface area (Å²) in [6.07, 6.45) is 46.2. The predicted octanol–water partition coefficient (Wildman–Crippen LogP) is 14.0. The Labute approximate surface area is 368 Å². The van der Waals surface area contributed by atoms with Gasteiger partial charge in [-0.1, -0.05) is 212 Å². The zero-order valence-corrected chi connectivity index (χ0v) is 39.8. The van der Waals surface area contributed by atoms with Crippen molar-refractivity contribution in [3.05, 3.63) is 12.2 Å². The highest BCUT2D eigenvalue weighted by Gasteiger charge is 2.27. The molecule has 3 atom stereocenters. The summed E-state index contributed by atoms with van der Waals surface area (Å²) < 4.78 is 32.7. The van der Waals surface area contributed by atoms with Crippen molar-refractivity contribution in [3.63, 3.8) is 0 Å². The van der Waals surface area contributed by atoms with Gasteiger partial charge in [0.2, 0.25) is 0 Å². The van der Waals surface area contributed by atoms with Gasteiger partial charge in [-0.05, 0) is 38.5 Å². The van der Waals surface area contributed by atoms with Gasteiger partial charge >= 0.3 is 19.8 Å². The van der Waals surface area contributed by atoms with Gasteiger partial charge in [0.15, 0.2) is 0 Å². The van der Waals surface area contributed by atoms with Gasteiger partial charge in [-0.2, -0.15) is 0 Å². The Morgan fingerprint density at radius 1 is 0.433 bits per heavy atom. The highest BCUT2D eigenvalue weighted by Crippen LogP contribution is 2.43. The zero-order chi connectivity index (χ0) is 44.0. The fourth-order valence-corrected chi connectivity index (χ4v) is 8.13. The second-order valence-corrected chi connectivity index (χ2v) is 18.6. The van der Waals surface area contributed by atoms with E-state index < -0.39 is 58.4 Å². The van der Waals surface area contributed by atoms with Crippen LogP contribution in [0.4, 0.5) is 0 Å². The third-order valence-electron chi connectivity index (χ3n) is 11.2. The summed E-state index contributed by atoms with van der Waals surface area (Å²) in [7, 11) is -4.64. The number of hydrogen-bond donors (Lipinski definition) is 3. The number of ether oxygens (including phenoxy) is 2. The zero-order valence-electron chi connectivity index (χ0n) is 38.9. The quantitative estimate of drug-likeness (QED) is 0.0233. The Balaban J connectivity index is 3.80. The number of aliphatic hydroxyl groups excluding tert-OH is 2. The van der Waals surface area contributed by atoms with Gasteiger partial charge in [0.1, 0.15) is 12.2 Å². The van der Waals surface area contributed by atoms with Crippen LogP contribution in [0.2, 0.25) is 0 Å². The van der Waals surface area contributed by atoms with Crippen LogP contribution in [0, 0.1) is 0 Å². The molecule has 3 N–H and O–H groups in total. The van der Waals surface area contributed by atoms with E-state index in [1.807, 2.05) is 0 Å². The highest BCUT2D eigenvalue weighted by atomic mass is 31.2. The second kappa shape index (κ2) is 45.7. The third kappa shape index (κ3) is 43.4. The fraction of sp³-hybridized carbons (Fsp3) is 0.918. The number of unbranched alkanes of at least 4 members (excludes halogenated alkanes) is 32. The molecule has 0 saturated heterocycles. The molecule has 0 bridgehead atoms. The van der Waals surface area contributed by atoms with Gasteiger partial charge < -0.3 is 24.6 Å². The van der Waals surface area contributed by atoms with Crippen molar-refractivity contribution in [2.45, 2.75) is 264 Å². The molecule has 0 fully saturated rings. The third-order valence-corrected chi connectivity index (χ3v) is 12.2. The molecule has 0 radical (unpaired) electrons. The summed E-state index contributed by atoms with van der Waals surface area (Å²) in [6, 6.07) is 0. The molecule has 0 aromatic heterocycles. The maximum Gasteiger partial charge on any atom is 0.472 e. The van der Waals surface area contributed by atoms with Crippen molar-refractivity contribution in [3.8, 4) is 0 Å². The Morgan fingerprint density at radius 3 is 0.950 bits per heavy atom. The Hall–Kier alpha value is -1.29. The highest BCUT2D eigenvalue weighted by molar-refractivity contribution is 7.47. The molecule has 0 aliphatic rings. The molecule has 11 heteroatoms. The Morgan fingerprint density at radius 2 is 0.683 bits per heavy atom. The van der Waals surface area contributed by atoms with Gasteiger partial charge in [-0.25, -0.2) is 4.57 Å². The number of carbonyl (C=O) groups excluding carboxylic acids is 2. The summed E-state index contributed by atoms with van der Waals surface area (Å²) in [5.41, 5.74) is 0. The molecule has 0 spiro atoms. The van der Waals surface area contributed by atoms with Gasteiger partial charge in [0, 0.05) is 12.8 Å². The fourth-order valence-electron chi connectivity index (χ4n) is 7.35. The predicted molar refractivity (Wildman–Crippen MR) is 247 cm³/mol. The average Bonchev–Trinajstić information content (AvgIpc) is 3.24. The molecule has 356 valence electrons. The van der Waals surface area contributed by atoms with Crippen molar-refractivity contribution >= 4 is 19.8 Å². The number of allylic oxidation sites excluding steroid dienone is 2. The van der Waals surface area contributed by atoms with E-state index in [9.17, 15) is 29.3 Å². The molecular weight excluding hydrogens is 780 g/mol. The summed E-state index contributed by atoms with van der Waals surface area (Å²) in [6.45, 7) is 2.25. The van der Waals surface area contributed by atoms with Crippen molar-refractivity contribution in [1.82, 2.24) is 0 Å². The molecule has 3 unspecified atom stereocenters. The molecule has 0 aromatic rings. The largest absolute Gasteiger partial charge is 0.472 e. The van der Waals surface area contributed by atoms with E-state index >= 15 is 0 Å². The lowest BCUT2D eigenvalue weighted by Gasteiger charge is -2.20. The van der Waals surface area contributed by atoms with Crippen molar-refractivity contribution in [2.75, 3.05) is 26.4 Å². The molecule has 0 aromatic carbocycles. The number of aliphatic hydroxyl groups is 2. The van der Waals surface area contributed by atoms with Gasteiger partial charge in [0.25, 0.3) is 0 Å². The van der Waals surface area contributed by atoms with Crippen LogP contribution in [0.25, 0.3) is 0 Å². The summed E-state index contributed by atoms with van der Waals surface area (Å²) >= 11 is 0. The molecule has 0 aliphatic carbocycles. The first-order valence-corrected chi connectivity index (χ1v) is 26.6. The van der Waals surface area contributed by atoms with Crippen LogP contribution < -0.4 is 0 Å². The van der Waals surface area contributed by atoms with E-state index in [4.69, 9.17) is 18.5 Å². The van der Waals surface area contributed by atoms with Crippen molar-refractivity contribution in [2.24, 2.45) is 0 Å². The van der Waals surface area contributed by atoms with Crippen LogP contribution in [-0.4, -0.2) is 65.7 Å². The summed E-state index contributed by atoms with van der Waals surface area (Å²) in [5.74, 6) is -1.01. The summed E-state index contributed by atoms with van der Waals surface area (Å²) in [5, 5.41) is 19.2. The van der Waals surface area contributed by atoms with Gasteiger partial charge in [0.05, 0.1) is 26.4 Å². The van der Waals surface area contributed by atoms with Crippen LogP contribution in [0.15, 0.2) is 12.2 Å². The van der Waals surface area contributed by atoms with E-state index in [1.165, 1.54) is 154 Å². The molecule has 0 rings (SSSR count). The average molecular weight is 875 g/mol. The lowest BCUT2D eigenvalue weighted by molar-refractivity contribution is -0.153. The van der Waals surface area contributed by atoms with Crippen LogP contribution >= 0.6 is 7.82 Å². The van der Waals surface area contributed by atoms with Crippen molar-refractivity contribution in [1.29, 1.82) is 0 Å². The lowest BCUT2D eigenvalue weighted by Crippen LogP contribution is -2.28. The number of carbonyl (C=O) groups is 2. The molecule has 0 amide bonds. The Bertz CT molecular complexity index is 1010. The topological polar surface area (TPSA) is 149 Å². The van der Waals surface area contributed by atoms with E-state index in [2.05, 4.69) is 26.0 Å². The minimum Gasteiger partial charge on any atom is -0.457 e. The van der Waals surface area contributed by atoms with E-state index in [0.29, 0.717) is 12.8 Å². The maximum absolute atomic E-state index is 12.4. The maximum atomic E-state index is 12.4. The van der Waals surface area contributed by atoms with Crippen molar-refractivity contribution < 1.29 is 47.8 Å². The van der Waals surface area contributed by atoms with Gasteiger partial charge in [-0.15, -0.1) is 0 Å². The number of esters is 2. The number of rotatable bonds is 48. The first-order valence-electron chi connectivity index (χ1n) is 25.1. The van der Waals surface area contributed by atoms with E-state index in [-0.39, 0.29) is 12.8 Å². The normalized spacial score (nSPS) is 13.8. The SMILES string of the molecule is CCCCCCCC/C=C\CCCCCCCC(=O)OC(CO)COP(=O)(O)OCC(CO)OC(=O)CCCCCCCCCCCCCCCCCCCCCCCC. The first kappa shape index (κ1) is 58.7. The lowest BCUT2D eigenvalue weighted by atomic mass is 10.0. The minimum atomic E-state index is -4.64. The smallest absolute Gasteiger partial charge is 0.457 e. The molecule has 60 heavy (non-hydrogen) atoms. The monoisotopic (exact) mass is 875 g/mol. The van der Waals surface area contributed by atoms with Crippen LogP contribution in [0.1, 0.15) is 251 Å². The second-order valence-electron chi connectivity index (χ2n) is 17.2. The summed E-state index contributed by atoms with van der Waals surface area (Å²) in [4.78, 5) is 34.6. The minimum absolute atomic E-state index is 0.186. The molecule has 0 saturated carbocycles. The Kier molecular flexibility index (Phi) is 44.7. The van der Waals surface area contributed by atoms with E-state index in [0.717, 1.165) is 57.8 Å². The molecule has 0 heterocycles. The van der Waals surface area contributed by atoms with Gasteiger partial charge in [-0.3, -0.25) is 18.6 Å².